The van der Waals surface area contributed by atoms with Gasteiger partial charge in [0.05, 0.1) is 0 Å². The van der Waals surface area contributed by atoms with Crippen LogP contribution in [0, 0.1) is 5.92 Å². The second-order valence-corrected chi connectivity index (χ2v) is 5.82. The molecule has 1 N–H and O–H groups in total. The molecular weight excluding hydrogens is 290 g/mol. The van der Waals surface area contributed by atoms with Gasteiger partial charge in [0.2, 0.25) is 0 Å². The van der Waals surface area contributed by atoms with Crippen molar-refractivity contribution in [2.75, 3.05) is 44.2 Å². The van der Waals surface area contributed by atoms with E-state index in [-0.39, 0.29) is 5.91 Å². The molecule has 0 saturated carbocycles. The van der Waals surface area contributed by atoms with Gasteiger partial charge in [-0.15, -0.1) is 10.2 Å². The van der Waals surface area contributed by atoms with Gasteiger partial charge >= 0.3 is 0 Å². The molecule has 1 saturated heterocycles. The van der Waals surface area contributed by atoms with E-state index in [1.807, 2.05) is 26.8 Å². The minimum Gasteiger partial charge on any atom is -0.353 e. The summed E-state index contributed by atoms with van der Waals surface area (Å²) in [5.74, 6) is 1.39. The molecule has 2 heterocycles. The molecule has 0 aliphatic carbocycles. The number of piperazine rings is 1. The molecule has 1 aliphatic rings. The molecule has 0 radical (unpaired) electrons. The molecule has 6 nitrogen and oxygen atoms in total. The Balaban J connectivity index is 0.00000127. The minimum atomic E-state index is -0.168. The molecule has 6 heteroatoms. The van der Waals surface area contributed by atoms with Crippen LogP contribution in [0.15, 0.2) is 12.1 Å². The first-order valence-corrected chi connectivity index (χ1v) is 8.69. The van der Waals surface area contributed by atoms with Gasteiger partial charge < -0.3 is 10.2 Å². The summed E-state index contributed by atoms with van der Waals surface area (Å²) in [5.41, 5.74) is 0.374. The lowest BCUT2D eigenvalue weighted by Crippen LogP contribution is -2.47. The van der Waals surface area contributed by atoms with Crippen LogP contribution in [0.4, 0.5) is 5.82 Å². The molecule has 1 fully saturated rings. The third-order valence-corrected chi connectivity index (χ3v) is 3.54. The predicted octanol–water partition coefficient (Wildman–Crippen LogP) is 2.03. The second kappa shape index (κ2) is 10.2. The molecule has 1 aromatic rings. The summed E-state index contributed by atoms with van der Waals surface area (Å²) in [7, 11) is 0. The highest BCUT2D eigenvalue weighted by Crippen LogP contribution is 2.13. The maximum absolute atomic E-state index is 11.6. The van der Waals surface area contributed by atoms with Crippen molar-refractivity contribution in [3.05, 3.63) is 17.8 Å². The average molecular weight is 321 g/mol. The van der Waals surface area contributed by atoms with Crippen LogP contribution < -0.4 is 10.2 Å². The van der Waals surface area contributed by atoms with Crippen molar-refractivity contribution in [1.82, 2.24) is 20.4 Å². The molecule has 1 aromatic heterocycles. The first kappa shape index (κ1) is 19.4. The van der Waals surface area contributed by atoms with Crippen molar-refractivity contribution in [1.29, 1.82) is 0 Å². The molecular formula is C17H31N5O. The Kier molecular flexibility index (Phi) is 8.55. The normalized spacial score (nSPS) is 15.1. The van der Waals surface area contributed by atoms with Crippen LogP contribution in [0.3, 0.4) is 0 Å². The van der Waals surface area contributed by atoms with Crippen molar-refractivity contribution in [3.63, 3.8) is 0 Å². The number of carbonyl (C=O) groups excluding carboxylic acids is 1. The van der Waals surface area contributed by atoms with Gasteiger partial charge in [-0.2, -0.15) is 0 Å². The van der Waals surface area contributed by atoms with Crippen LogP contribution in [-0.2, 0) is 0 Å². The smallest absolute Gasteiger partial charge is 0.271 e. The highest BCUT2D eigenvalue weighted by Gasteiger charge is 2.19. The quantitative estimate of drug-likeness (QED) is 0.899. The zero-order valence-electron chi connectivity index (χ0n) is 15.2. The Morgan fingerprint density at radius 1 is 1.17 bits per heavy atom. The number of anilines is 1. The number of aromatic nitrogens is 2. The van der Waals surface area contributed by atoms with Crippen LogP contribution in [0.25, 0.3) is 0 Å². The first-order valence-electron chi connectivity index (χ1n) is 8.69. The Labute approximate surface area is 140 Å². The van der Waals surface area contributed by atoms with Crippen molar-refractivity contribution < 1.29 is 4.79 Å². The van der Waals surface area contributed by atoms with Gasteiger partial charge in [0.15, 0.2) is 11.5 Å². The number of hydrogen-bond donors (Lipinski definition) is 1. The van der Waals surface area contributed by atoms with E-state index in [2.05, 4.69) is 39.2 Å². The fraction of sp³-hybridized carbons (Fsp3) is 0.706. The van der Waals surface area contributed by atoms with Gasteiger partial charge in [-0.25, -0.2) is 0 Å². The largest absolute Gasteiger partial charge is 0.353 e. The van der Waals surface area contributed by atoms with Crippen LogP contribution in [0.1, 0.15) is 45.1 Å². The molecule has 2 rings (SSSR count). The highest BCUT2D eigenvalue weighted by atomic mass is 16.1. The zero-order valence-corrected chi connectivity index (χ0v) is 15.2. The van der Waals surface area contributed by atoms with Gasteiger partial charge in [-0.3, -0.25) is 9.69 Å². The second-order valence-electron chi connectivity index (χ2n) is 5.82. The maximum atomic E-state index is 11.6. The Hall–Kier alpha value is -1.69. The van der Waals surface area contributed by atoms with Crippen LogP contribution in [0.2, 0.25) is 0 Å². The lowest BCUT2D eigenvalue weighted by molar-refractivity contribution is 0.0950. The average Bonchev–Trinajstić information content (AvgIpc) is 2.57. The number of carbonyl (C=O) groups is 1. The third-order valence-electron chi connectivity index (χ3n) is 3.54. The maximum Gasteiger partial charge on any atom is 0.271 e. The summed E-state index contributed by atoms with van der Waals surface area (Å²) in [5, 5.41) is 10.9. The van der Waals surface area contributed by atoms with E-state index in [4.69, 9.17) is 0 Å². The lowest BCUT2D eigenvalue weighted by atomic mass is 10.2. The zero-order chi connectivity index (χ0) is 17.2. The molecule has 0 aromatic carbocycles. The van der Waals surface area contributed by atoms with E-state index in [1.165, 1.54) is 0 Å². The molecule has 0 bridgehead atoms. The van der Waals surface area contributed by atoms with Gasteiger partial charge in [0, 0.05) is 39.3 Å². The van der Waals surface area contributed by atoms with Gasteiger partial charge in [0.25, 0.3) is 5.91 Å². The fourth-order valence-corrected chi connectivity index (χ4v) is 2.54. The molecule has 130 valence electrons. The third kappa shape index (κ3) is 6.14. The van der Waals surface area contributed by atoms with E-state index >= 15 is 0 Å². The molecule has 23 heavy (non-hydrogen) atoms. The van der Waals surface area contributed by atoms with Crippen molar-refractivity contribution in [2.24, 2.45) is 5.92 Å². The summed E-state index contributed by atoms with van der Waals surface area (Å²) in [6.07, 6.45) is 0. The monoisotopic (exact) mass is 321 g/mol. The van der Waals surface area contributed by atoms with Crippen molar-refractivity contribution in [2.45, 2.75) is 34.6 Å². The topological polar surface area (TPSA) is 61.4 Å². The lowest BCUT2D eigenvalue weighted by Gasteiger charge is -2.35. The molecule has 1 amide bonds. The summed E-state index contributed by atoms with van der Waals surface area (Å²) < 4.78 is 0. The van der Waals surface area contributed by atoms with E-state index in [0.29, 0.717) is 18.2 Å². The van der Waals surface area contributed by atoms with E-state index in [1.54, 1.807) is 6.07 Å². The van der Waals surface area contributed by atoms with Crippen LogP contribution >= 0.6 is 0 Å². The fourth-order valence-electron chi connectivity index (χ4n) is 2.54. The van der Waals surface area contributed by atoms with Crippen LogP contribution in [0.5, 0.6) is 0 Å². The van der Waals surface area contributed by atoms with Crippen molar-refractivity contribution in [3.8, 4) is 0 Å². The molecule has 0 unspecified atom stereocenters. The van der Waals surface area contributed by atoms with E-state index in [9.17, 15) is 4.79 Å². The number of nitrogens with one attached hydrogen (secondary N) is 1. The summed E-state index contributed by atoms with van der Waals surface area (Å²) in [4.78, 5) is 16.4. The van der Waals surface area contributed by atoms with Crippen LogP contribution in [-0.4, -0.2) is 60.3 Å². The SMILES string of the molecule is CC.CCNC(=O)c1ccc(N2CCN(CC(C)C)CC2)nn1. The summed E-state index contributed by atoms with van der Waals surface area (Å²) in [6, 6.07) is 3.63. The molecule has 0 spiro atoms. The Bertz CT molecular complexity index is 453. The first-order chi connectivity index (χ1) is 11.1. The highest BCUT2D eigenvalue weighted by molar-refractivity contribution is 5.92. The Morgan fingerprint density at radius 2 is 1.83 bits per heavy atom. The number of amides is 1. The summed E-state index contributed by atoms with van der Waals surface area (Å²) in [6.45, 7) is 16.2. The van der Waals surface area contributed by atoms with Gasteiger partial charge in [-0.05, 0) is 25.0 Å². The minimum absolute atomic E-state index is 0.168. The van der Waals surface area contributed by atoms with E-state index < -0.39 is 0 Å². The molecule has 1 aliphatic heterocycles. The van der Waals surface area contributed by atoms with Gasteiger partial charge in [-0.1, -0.05) is 27.7 Å². The number of nitrogens with zero attached hydrogens (tertiary/aromatic N) is 4. The number of rotatable bonds is 5. The standard InChI is InChI=1S/C15H25N5O.C2H6/c1-4-16-15(21)13-5-6-14(18-17-13)20-9-7-19(8-10-20)11-12(2)3;1-2/h5-6,12H,4,7-11H2,1-3H3,(H,16,21);1-2H3. The predicted molar refractivity (Wildman–Crippen MR) is 94.9 cm³/mol. The molecule has 0 atom stereocenters. The van der Waals surface area contributed by atoms with E-state index in [0.717, 1.165) is 38.5 Å². The van der Waals surface area contributed by atoms with Gasteiger partial charge in [0.1, 0.15) is 0 Å². The Morgan fingerprint density at radius 3 is 2.30 bits per heavy atom. The number of hydrogen-bond acceptors (Lipinski definition) is 5. The summed E-state index contributed by atoms with van der Waals surface area (Å²) >= 11 is 0. The van der Waals surface area contributed by atoms with Crippen molar-refractivity contribution >= 4 is 11.7 Å².